The Morgan fingerprint density at radius 1 is 0.490 bits per heavy atom. The van der Waals surface area contributed by atoms with Gasteiger partial charge in [0.25, 0.3) is 0 Å². The maximum Gasteiger partial charge on any atom is 0.238 e. The zero-order chi connectivity index (χ0) is 52.6. The van der Waals surface area contributed by atoms with Gasteiger partial charge in [0, 0.05) is 43.6 Å². The van der Waals surface area contributed by atoms with Crippen LogP contribution in [-0.4, -0.2) is 24.1 Å². The molecule has 0 saturated heterocycles. The van der Waals surface area contributed by atoms with E-state index in [0.717, 1.165) is 9.13 Å². The molecule has 6 heteroatoms. The minimum Gasteiger partial charge on any atom is -0.455 e. The summed E-state index contributed by atoms with van der Waals surface area (Å²) < 4.78 is 205. The molecule has 6 nitrogen and oxygen atoms in total. The van der Waals surface area contributed by atoms with Crippen LogP contribution in [-0.2, 0) is 0 Å². The average Bonchev–Trinajstić information content (AvgIpc) is 4.07. The lowest BCUT2D eigenvalue weighted by molar-refractivity contribution is 0.669. The predicted molar refractivity (Wildman–Crippen MR) is 207 cm³/mol. The van der Waals surface area contributed by atoms with Crippen LogP contribution in [0.5, 0.6) is 0 Å². The first-order valence-corrected chi connectivity index (χ1v) is 15.3. The maximum absolute atomic E-state index is 9.78. The molecule has 0 aliphatic rings. The number of furan rings is 1. The van der Waals surface area contributed by atoms with Gasteiger partial charge in [0.2, 0.25) is 5.95 Å². The first-order valence-electron chi connectivity index (χ1n) is 26.3. The second kappa shape index (κ2) is 10.7. The molecule has 0 unspecified atom stereocenters. The van der Waals surface area contributed by atoms with E-state index in [2.05, 4.69) is 4.98 Å². The van der Waals surface area contributed by atoms with Crippen LogP contribution in [0.15, 0.2) is 168 Å². The first kappa shape index (κ1) is 14.1. The van der Waals surface area contributed by atoms with Crippen LogP contribution in [0, 0.1) is 0 Å². The molecule has 11 rings (SSSR count). The van der Waals surface area contributed by atoms with Gasteiger partial charge in [-0.1, -0.05) is 121 Å². The van der Waals surface area contributed by atoms with Gasteiger partial charge in [-0.3, -0.25) is 4.57 Å². The maximum atomic E-state index is 9.78. The van der Waals surface area contributed by atoms with Crippen molar-refractivity contribution in [3.05, 3.63) is 163 Å². The fraction of sp³-hybridized carbons (Fsp3) is 0. The monoisotopic (exact) mass is 675 g/mol. The summed E-state index contributed by atoms with van der Waals surface area (Å²) in [6.07, 6.45) is 0. The van der Waals surface area contributed by atoms with E-state index >= 15 is 0 Å². The highest BCUT2D eigenvalue weighted by atomic mass is 16.3. The molecule has 4 aromatic heterocycles. The summed E-state index contributed by atoms with van der Waals surface area (Å²) in [5.41, 5.74) is -3.53. The molecule has 0 amide bonds. The minimum absolute atomic E-state index is 0.207. The van der Waals surface area contributed by atoms with E-state index in [4.69, 9.17) is 36.3 Å². The number of hydrogen-bond acceptors (Lipinski definition) is 4. The fourth-order valence-electron chi connectivity index (χ4n) is 6.38. The van der Waals surface area contributed by atoms with Gasteiger partial charge >= 0.3 is 0 Å². The van der Waals surface area contributed by atoms with Crippen LogP contribution in [0.2, 0.25) is 0 Å². The van der Waals surface area contributed by atoms with Crippen LogP contribution in [0.3, 0.4) is 0 Å². The van der Waals surface area contributed by atoms with Gasteiger partial charge in [0.05, 0.1) is 57.8 Å². The van der Waals surface area contributed by atoms with E-state index in [1.807, 2.05) is 0 Å². The fourth-order valence-corrected chi connectivity index (χ4v) is 6.38. The van der Waals surface area contributed by atoms with Gasteiger partial charge in [-0.15, -0.1) is 0 Å². The Morgan fingerprint density at radius 2 is 1.18 bits per heavy atom. The number of nitrogens with zero attached hydrogens (tertiary/aromatic N) is 5. The van der Waals surface area contributed by atoms with Gasteiger partial charge in [-0.2, -0.15) is 9.97 Å². The van der Waals surface area contributed by atoms with Crippen molar-refractivity contribution in [2.45, 2.75) is 0 Å². The van der Waals surface area contributed by atoms with Crippen molar-refractivity contribution in [1.29, 1.82) is 0 Å². The molecule has 51 heavy (non-hydrogen) atoms. The third-order valence-electron chi connectivity index (χ3n) is 8.47. The largest absolute Gasteiger partial charge is 0.455 e. The van der Waals surface area contributed by atoms with Gasteiger partial charge in [0.15, 0.2) is 11.6 Å². The highest BCUT2D eigenvalue weighted by Gasteiger charge is 2.23. The molecule has 0 atom stereocenters. The van der Waals surface area contributed by atoms with Crippen LogP contribution in [0.4, 0.5) is 0 Å². The van der Waals surface area contributed by atoms with E-state index in [1.54, 1.807) is 30.3 Å². The molecule has 7 aromatic carbocycles. The number of hydrogen-bond donors (Lipinski definition) is 0. The number of para-hydroxylation sites is 5. The topological polar surface area (TPSA) is 61.7 Å². The molecule has 0 aliphatic heterocycles. The highest BCUT2D eigenvalue weighted by Crippen LogP contribution is 2.42. The van der Waals surface area contributed by atoms with Gasteiger partial charge in [-0.25, -0.2) is 4.98 Å². The van der Waals surface area contributed by atoms with Crippen molar-refractivity contribution < 1.29 is 34.6 Å². The Balaban J connectivity index is 1.42. The molecule has 0 aliphatic carbocycles. The number of benzene rings is 7. The lowest BCUT2D eigenvalue weighted by Crippen LogP contribution is -2.06. The predicted octanol–water partition coefficient (Wildman–Crippen LogP) is 11.3. The Kier molecular flexibility index (Phi) is 2.96. The first-order chi connectivity index (χ1) is 34.5. The van der Waals surface area contributed by atoms with Crippen molar-refractivity contribution in [1.82, 2.24) is 24.1 Å². The third kappa shape index (κ3) is 4.07. The van der Waals surface area contributed by atoms with Gasteiger partial charge in [-0.05, 0) is 42.3 Å². The average molecular weight is 676 g/mol. The number of rotatable bonds is 4. The molecule has 0 bridgehead atoms. The van der Waals surface area contributed by atoms with E-state index in [9.17, 15) is 8.22 Å². The molecule has 0 saturated carbocycles. The summed E-state index contributed by atoms with van der Waals surface area (Å²) in [7, 11) is 0. The van der Waals surface area contributed by atoms with Crippen LogP contribution in [0.25, 0.3) is 100.0 Å². The summed E-state index contributed by atoms with van der Waals surface area (Å²) in [5, 5.41) is -2.22. The van der Waals surface area contributed by atoms with Gasteiger partial charge < -0.3 is 8.98 Å². The summed E-state index contributed by atoms with van der Waals surface area (Å²) in [5.74, 6) is -1.29. The Hall–Kier alpha value is -7.05. The standard InChI is InChI=1S/C45H27N5O/c1-3-14-28(15-4-1)43-46-44(35-22-13-21-33-31-19-9-12-25-39(31)51-42(33)35)48-45(47-43)50-37-24-11-8-20-34(37)40-38(50)27-26-32-30-18-7-10-23-36(30)49(41(32)40)29-16-5-2-6-17-29/h1-27H/i2D,5D,6D,7D,8D,9D,10D,11D,12D,13D,16D,17D,18D,19D,20D,21D,22D,23D,24D,25D,26D,27D. The molecule has 0 fully saturated rings. The molecule has 0 radical (unpaired) electrons. The normalized spacial score (nSPS) is 18.0. The summed E-state index contributed by atoms with van der Waals surface area (Å²) in [6.45, 7) is 0. The Morgan fingerprint density at radius 3 is 2.02 bits per heavy atom. The lowest BCUT2D eigenvalue weighted by Gasteiger charge is -2.11. The lowest BCUT2D eigenvalue weighted by atomic mass is 10.1. The van der Waals surface area contributed by atoms with E-state index < -0.39 is 205 Å². The van der Waals surface area contributed by atoms with Crippen LogP contribution < -0.4 is 0 Å². The quantitative estimate of drug-likeness (QED) is 0.186. The molecule has 4 heterocycles. The van der Waals surface area contributed by atoms with E-state index in [-0.39, 0.29) is 27.5 Å². The van der Waals surface area contributed by atoms with Crippen LogP contribution >= 0.6 is 0 Å². The Bertz CT molecular complexity index is 4390. The molecule has 0 N–H and O–H groups in total. The molecule has 238 valence electrons. The van der Waals surface area contributed by atoms with Crippen molar-refractivity contribution in [2.24, 2.45) is 0 Å². The van der Waals surface area contributed by atoms with E-state index in [1.165, 1.54) is 0 Å². The molecular weight excluding hydrogens is 627 g/mol. The SMILES string of the molecule is [2H]c1c([2H])c([2H])c(-n2c3c([2H])c([2H])c([2H])c([2H])c3c3c([2H])c([2H])c4c(c5c([2H])c([2H])c([2H])c([2H])c5n4-c4nc(-c5ccccc5)nc(-c5c([2H])c([2H])c([2H])c6c5oc5c([2H])c([2H])c([2H])c([2H])c56)n4)c32)c([2H])c1[2H]. The second-order valence-electron chi connectivity index (χ2n) is 11.2. The third-order valence-corrected chi connectivity index (χ3v) is 8.47. The highest BCUT2D eigenvalue weighted by molar-refractivity contribution is 6.26. The number of fused-ring (bicyclic) bond motifs is 10. The van der Waals surface area contributed by atoms with Gasteiger partial charge in [0.1, 0.15) is 11.2 Å². The van der Waals surface area contributed by atoms with Crippen LogP contribution in [0.1, 0.15) is 30.2 Å². The van der Waals surface area contributed by atoms with E-state index in [0.29, 0.717) is 0 Å². The Labute approximate surface area is 322 Å². The number of aromatic nitrogens is 5. The second-order valence-corrected chi connectivity index (χ2v) is 11.2. The van der Waals surface area contributed by atoms with Crippen molar-refractivity contribution >= 4 is 65.6 Å². The molecule has 11 aromatic rings. The summed E-state index contributed by atoms with van der Waals surface area (Å²) in [4.78, 5) is 14.1. The molecular formula is C45H27N5O. The van der Waals surface area contributed by atoms with Crippen molar-refractivity contribution in [2.75, 3.05) is 0 Å². The zero-order valence-electron chi connectivity index (χ0n) is 47.5. The smallest absolute Gasteiger partial charge is 0.238 e. The zero-order valence-corrected chi connectivity index (χ0v) is 25.5. The minimum atomic E-state index is -0.865. The van der Waals surface area contributed by atoms with Crippen molar-refractivity contribution in [3.63, 3.8) is 0 Å². The van der Waals surface area contributed by atoms with Crippen molar-refractivity contribution in [3.8, 4) is 34.4 Å². The molecule has 0 spiro atoms. The summed E-state index contributed by atoms with van der Waals surface area (Å²) in [6, 6.07) is -8.77. The summed E-state index contributed by atoms with van der Waals surface area (Å²) >= 11 is 0.